The van der Waals surface area contributed by atoms with Crippen molar-refractivity contribution < 1.29 is 18.0 Å². The maximum Gasteiger partial charge on any atom is 0.323 e. The summed E-state index contributed by atoms with van der Waals surface area (Å²) in [5.74, 6) is 0.589. The molecule has 0 aliphatic carbocycles. The van der Waals surface area contributed by atoms with Gasteiger partial charge in [0.2, 0.25) is 5.91 Å². The van der Waals surface area contributed by atoms with Gasteiger partial charge in [0.1, 0.15) is 5.82 Å². The third kappa shape index (κ3) is 6.03. The summed E-state index contributed by atoms with van der Waals surface area (Å²) in [5, 5.41) is 8.08. The molecule has 0 radical (unpaired) electrons. The third-order valence-corrected chi connectivity index (χ3v) is 8.53. The highest BCUT2D eigenvalue weighted by Crippen LogP contribution is 2.28. The lowest BCUT2D eigenvalue weighted by molar-refractivity contribution is -0.115. The number of carbonyl (C=O) groups is 2. The predicted octanol–water partition coefficient (Wildman–Crippen LogP) is 3.09. The Morgan fingerprint density at radius 3 is 2.57 bits per heavy atom. The normalized spacial score (nSPS) is 14.1. The number of hydrogen-bond donors (Lipinski definition) is 2. The molecule has 192 valence electrons. The molecule has 4 heterocycles. The second-order valence-electron chi connectivity index (χ2n) is 8.38. The monoisotopic (exact) mass is 557 g/mol. The number of sulfone groups is 1. The molecule has 1 aliphatic rings. The average Bonchev–Trinajstić information content (AvgIpc) is 3.49. The summed E-state index contributed by atoms with van der Waals surface area (Å²) in [4.78, 5) is 42.3. The molecule has 0 spiro atoms. The van der Waals surface area contributed by atoms with Gasteiger partial charge in [-0.05, 0) is 30.3 Å². The summed E-state index contributed by atoms with van der Waals surface area (Å²) >= 11 is 2.45. The first-order chi connectivity index (χ1) is 17.7. The maximum absolute atomic E-state index is 12.7. The first-order valence-corrected chi connectivity index (χ1v) is 14.9. The van der Waals surface area contributed by atoms with E-state index in [-0.39, 0.29) is 23.3 Å². The van der Waals surface area contributed by atoms with E-state index in [0.29, 0.717) is 52.4 Å². The van der Waals surface area contributed by atoms with Crippen molar-refractivity contribution in [1.82, 2.24) is 19.9 Å². The van der Waals surface area contributed by atoms with Gasteiger partial charge in [-0.2, -0.15) is 0 Å². The molecule has 1 aromatic carbocycles. The van der Waals surface area contributed by atoms with E-state index in [2.05, 4.69) is 30.5 Å². The van der Waals surface area contributed by atoms with E-state index in [4.69, 9.17) is 0 Å². The average molecular weight is 558 g/mol. The van der Waals surface area contributed by atoms with Gasteiger partial charge < -0.3 is 15.1 Å². The van der Waals surface area contributed by atoms with E-state index in [1.165, 1.54) is 28.7 Å². The number of carbonyl (C=O) groups excluding carboxylic acids is 2. The number of benzene rings is 1. The molecule has 14 heteroatoms. The van der Waals surface area contributed by atoms with Crippen molar-refractivity contribution in [2.24, 2.45) is 0 Å². The van der Waals surface area contributed by atoms with Crippen LogP contribution in [0.2, 0.25) is 0 Å². The van der Waals surface area contributed by atoms with Crippen molar-refractivity contribution in [3.05, 3.63) is 53.7 Å². The molecule has 3 amide bonds. The van der Waals surface area contributed by atoms with E-state index >= 15 is 0 Å². The van der Waals surface area contributed by atoms with Crippen molar-refractivity contribution in [2.45, 2.75) is 11.3 Å². The van der Waals surface area contributed by atoms with Gasteiger partial charge in [0, 0.05) is 44.0 Å². The van der Waals surface area contributed by atoms with E-state index in [1.807, 2.05) is 18.2 Å². The van der Waals surface area contributed by atoms with Crippen LogP contribution in [-0.4, -0.2) is 72.6 Å². The van der Waals surface area contributed by atoms with Crippen LogP contribution in [0.5, 0.6) is 0 Å². The molecule has 37 heavy (non-hydrogen) atoms. The van der Waals surface area contributed by atoms with E-state index in [9.17, 15) is 18.0 Å². The van der Waals surface area contributed by atoms with E-state index < -0.39 is 9.84 Å². The van der Waals surface area contributed by atoms with Gasteiger partial charge in [-0.3, -0.25) is 10.1 Å². The van der Waals surface area contributed by atoms with Crippen molar-refractivity contribution in [3.63, 3.8) is 0 Å². The molecule has 0 bridgehead atoms. The number of nitrogens with zero attached hydrogens (tertiary/aromatic N) is 5. The van der Waals surface area contributed by atoms with Crippen molar-refractivity contribution in [3.8, 4) is 0 Å². The number of rotatable bonds is 6. The van der Waals surface area contributed by atoms with Crippen LogP contribution in [-0.2, 0) is 21.1 Å². The van der Waals surface area contributed by atoms with Crippen LogP contribution in [0.4, 0.5) is 20.9 Å². The highest BCUT2D eigenvalue weighted by Gasteiger charge is 2.22. The number of aromatic nitrogens is 3. The predicted molar refractivity (Wildman–Crippen MR) is 144 cm³/mol. The summed E-state index contributed by atoms with van der Waals surface area (Å²) in [6, 6.07) is 10.2. The fourth-order valence-electron chi connectivity index (χ4n) is 3.81. The maximum atomic E-state index is 12.7. The number of thiazole rings is 2. The molecular weight excluding hydrogens is 534 g/mol. The highest BCUT2D eigenvalue weighted by molar-refractivity contribution is 7.90. The van der Waals surface area contributed by atoms with Crippen LogP contribution in [0, 0.1) is 0 Å². The van der Waals surface area contributed by atoms with Crippen LogP contribution >= 0.6 is 22.7 Å². The highest BCUT2D eigenvalue weighted by atomic mass is 32.2. The molecule has 0 unspecified atom stereocenters. The Balaban J connectivity index is 1.13. The molecule has 4 aromatic rings. The Hall–Kier alpha value is -3.62. The molecular formula is C23H23N7O4S3. The Morgan fingerprint density at radius 2 is 1.84 bits per heavy atom. The van der Waals surface area contributed by atoms with Crippen LogP contribution in [0.25, 0.3) is 10.2 Å². The van der Waals surface area contributed by atoms with Crippen LogP contribution in [0.15, 0.2) is 52.9 Å². The molecule has 5 rings (SSSR count). The first kappa shape index (κ1) is 25.0. The Kier molecular flexibility index (Phi) is 7.04. The summed E-state index contributed by atoms with van der Waals surface area (Å²) in [7, 11) is -3.33. The second-order valence-corrected chi connectivity index (χ2v) is 12.3. The number of piperazine rings is 1. The van der Waals surface area contributed by atoms with Gasteiger partial charge >= 0.3 is 6.03 Å². The fraction of sp³-hybridized carbons (Fsp3) is 0.261. The van der Waals surface area contributed by atoms with E-state index in [1.54, 1.807) is 28.6 Å². The lowest BCUT2D eigenvalue weighted by Gasteiger charge is -2.35. The van der Waals surface area contributed by atoms with Crippen LogP contribution < -0.4 is 15.5 Å². The Labute approximate surface area is 221 Å². The first-order valence-electron chi connectivity index (χ1n) is 11.3. The number of hydrogen-bond acceptors (Lipinski definition) is 10. The minimum atomic E-state index is -3.33. The molecule has 3 aromatic heterocycles. The topological polar surface area (TPSA) is 137 Å². The number of anilines is 3. The Morgan fingerprint density at radius 1 is 1.03 bits per heavy atom. The standard InChI is InChI=1S/C23H23N7O4S3/c1-37(33,34)16-5-6-17-18(13-16)36-22(26-17)27-20(31)12-15-14-35-21(25-15)28-23(32)30-10-8-29(9-11-30)19-4-2-3-7-24-19/h2-7,13-14H,8-12H2,1H3,(H,25,28,32)(H,26,27,31). The number of amides is 3. The number of fused-ring (bicyclic) bond motifs is 1. The summed E-state index contributed by atoms with van der Waals surface area (Å²) in [6.07, 6.45) is 2.91. The van der Waals surface area contributed by atoms with Gasteiger partial charge in [-0.25, -0.2) is 28.2 Å². The fourth-order valence-corrected chi connectivity index (χ4v) is 6.16. The summed E-state index contributed by atoms with van der Waals surface area (Å²) in [5.41, 5.74) is 1.13. The zero-order valence-electron chi connectivity index (χ0n) is 19.7. The third-order valence-electron chi connectivity index (χ3n) is 5.68. The molecule has 2 N–H and O–H groups in total. The van der Waals surface area contributed by atoms with Gasteiger partial charge in [0.25, 0.3) is 0 Å². The number of urea groups is 1. The molecule has 1 fully saturated rings. The molecule has 11 nitrogen and oxygen atoms in total. The molecule has 1 saturated heterocycles. The minimum Gasteiger partial charge on any atom is -0.353 e. The number of nitrogens with one attached hydrogen (secondary N) is 2. The van der Waals surface area contributed by atoms with Crippen LogP contribution in [0.3, 0.4) is 0 Å². The summed E-state index contributed by atoms with van der Waals surface area (Å²) in [6.45, 7) is 2.51. The quantitative estimate of drug-likeness (QED) is 0.369. The Bertz CT molecular complexity index is 1540. The number of pyridine rings is 1. The minimum absolute atomic E-state index is 0.0135. The zero-order chi connectivity index (χ0) is 26.0. The van der Waals surface area contributed by atoms with Gasteiger partial charge in [0.15, 0.2) is 20.1 Å². The van der Waals surface area contributed by atoms with Crippen LogP contribution in [0.1, 0.15) is 5.69 Å². The van der Waals surface area contributed by atoms with Crippen molar-refractivity contribution >= 4 is 70.7 Å². The second kappa shape index (κ2) is 10.4. The molecule has 0 atom stereocenters. The lowest BCUT2D eigenvalue weighted by Crippen LogP contribution is -2.50. The zero-order valence-corrected chi connectivity index (χ0v) is 22.2. The van der Waals surface area contributed by atoms with Gasteiger partial charge in [-0.1, -0.05) is 17.4 Å². The largest absolute Gasteiger partial charge is 0.353 e. The lowest BCUT2D eigenvalue weighted by atomic mass is 10.3. The SMILES string of the molecule is CS(=O)(=O)c1ccc2nc(NC(=O)Cc3csc(NC(=O)N4CCN(c5ccccn5)CC4)n3)sc2c1. The van der Waals surface area contributed by atoms with Crippen molar-refractivity contribution in [2.75, 3.05) is 48.0 Å². The molecule has 1 aliphatic heterocycles. The smallest absolute Gasteiger partial charge is 0.323 e. The summed E-state index contributed by atoms with van der Waals surface area (Å²) < 4.78 is 24.2. The van der Waals surface area contributed by atoms with Crippen molar-refractivity contribution in [1.29, 1.82) is 0 Å². The van der Waals surface area contributed by atoms with Gasteiger partial charge in [0.05, 0.1) is 27.2 Å². The van der Waals surface area contributed by atoms with Gasteiger partial charge in [-0.15, -0.1) is 11.3 Å². The van der Waals surface area contributed by atoms with E-state index in [0.717, 1.165) is 12.1 Å². The molecule has 0 saturated carbocycles.